The van der Waals surface area contributed by atoms with Crippen molar-refractivity contribution < 1.29 is 9.47 Å². The zero-order valence-corrected chi connectivity index (χ0v) is 12.7. The minimum atomic E-state index is 0.370. The van der Waals surface area contributed by atoms with Crippen LogP contribution in [0, 0.1) is 0 Å². The van der Waals surface area contributed by atoms with Crippen molar-refractivity contribution in [1.29, 1.82) is 0 Å². The van der Waals surface area contributed by atoms with Crippen LogP contribution in [0.15, 0.2) is 18.2 Å². The third-order valence-electron chi connectivity index (χ3n) is 3.55. The average Bonchev–Trinajstić information content (AvgIpc) is 2.48. The van der Waals surface area contributed by atoms with Crippen LogP contribution in [-0.4, -0.2) is 31.4 Å². The van der Waals surface area contributed by atoms with Crippen molar-refractivity contribution in [3.05, 3.63) is 23.8 Å². The topological polar surface area (TPSA) is 56.5 Å². The highest BCUT2D eigenvalue weighted by atomic mass is 32.1. The molecule has 20 heavy (non-hydrogen) atoms. The van der Waals surface area contributed by atoms with Gasteiger partial charge in [-0.1, -0.05) is 12.2 Å². The number of rotatable bonds is 6. The standard InChI is InChI=1S/C15H22N2O2S/c1-18-12-5-6-13(15(16)20)14(10-12)17-8-7-11-4-2-3-9-19-11/h5-6,10-11,17H,2-4,7-9H2,1H3,(H2,16,20). The summed E-state index contributed by atoms with van der Waals surface area (Å²) in [6.07, 6.45) is 4.97. The molecule has 1 saturated heterocycles. The molecule has 0 bridgehead atoms. The molecule has 1 unspecified atom stereocenters. The summed E-state index contributed by atoms with van der Waals surface area (Å²) in [6.45, 7) is 1.73. The van der Waals surface area contributed by atoms with Gasteiger partial charge in [0.15, 0.2) is 0 Å². The molecule has 0 aromatic heterocycles. The van der Waals surface area contributed by atoms with Gasteiger partial charge in [-0.25, -0.2) is 0 Å². The van der Waals surface area contributed by atoms with E-state index in [1.807, 2.05) is 18.2 Å². The van der Waals surface area contributed by atoms with Crippen molar-refractivity contribution in [2.75, 3.05) is 25.6 Å². The molecule has 4 nitrogen and oxygen atoms in total. The van der Waals surface area contributed by atoms with E-state index < -0.39 is 0 Å². The zero-order chi connectivity index (χ0) is 14.4. The highest BCUT2D eigenvalue weighted by Gasteiger charge is 2.13. The summed E-state index contributed by atoms with van der Waals surface area (Å²) in [7, 11) is 1.65. The van der Waals surface area contributed by atoms with E-state index in [-0.39, 0.29) is 0 Å². The molecular weight excluding hydrogens is 272 g/mol. The van der Waals surface area contributed by atoms with Crippen molar-refractivity contribution in [2.24, 2.45) is 5.73 Å². The minimum Gasteiger partial charge on any atom is -0.497 e. The Labute approximate surface area is 125 Å². The highest BCUT2D eigenvalue weighted by molar-refractivity contribution is 7.80. The van der Waals surface area contributed by atoms with E-state index in [1.54, 1.807) is 7.11 Å². The average molecular weight is 294 g/mol. The SMILES string of the molecule is COc1ccc(C(N)=S)c(NCCC2CCCCO2)c1. The van der Waals surface area contributed by atoms with Gasteiger partial charge in [0.2, 0.25) is 0 Å². The summed E-state index contributed by atoms with van der Waals surface area (Å²) in [5.41, 5.74) is 7.52. The van der Waals surface area contributed by atoms with Gasteiger partial charge >= 0.3 is 0 Å². The zero-order valence-electron chi connectivity index (χ0n) is 11.9. The van der Waals surface area contributed by atoms with Crippen LogP contribution >= 0.6 is 12.2 Å². The molecule has 1 aliphatic rings. The van der Waals surface area contributed by atoms with Crippen LogP contribution in [0.4, 0.5) is 5.69 Å². The molecule has 0 amide bonds. The van der Waals surface area contributed by atoms with Crippen molar-refractivity contribution in [2.45, 2.75) is 31.8 Å². The number of thiocarbonyl (C=S) groups is 1. The lowest BCUT2D eigenvalue weighted by Gasteiger charge is -2.23. The van der Waals surface area contributed by atoms with Gasteiger partial charge in [0.25, 0.3) is 0 Å². The van der Waals surface area contributed by atoms with Crippen LogP contribution in [0.25, 0.3) is 0 Å². The third-order valence-corrected chi connectivity index (χ3v) is 3.77. The fourth-order valence-electron chi connectivity index (χ4n) is 2.41. The molecule has 1 aromatic carbocycles. The largest absolute Gasteiger partial charge is 0.497 e. The Morgan fingerprint density at radius 2 is 2.35 bits per heavy atom. The van der Waals surface area contributed by atoms with Crippen LogP contribution in [0.5, 0.6) is 5.75 Å². The maximum absolute atomic E-state index is 5.75. The third kappa shape index (κ3) is 4.08. The number of anilines is 1. The molecule has 0 aliphatic carbocycles. The second kappa shape index (κ2) is 7.45. The Balaban J connectivity index is 1.94. The highest BCUT2D eigenvalue weighted by Crippen LogP contribution is 2.23. The molecule has 0 saturated carbocycles. The predicted octanol–water partition coefficient (Wildman–Crippen LogP) is 2.70. The van der Waals surface area contributed by atoms with Crippen LogP contribution < -0.4 is 15.8 Å². The molecular formula is C15H22N2O2S. The summed E-state index contributed by atoms with van der Waals surface area (Å²) >= 11 is 5.08. The molecule has 0 radical (unpaired) electrons. The van der Waals surface area contributed by atoms with Gasteiger partial charge in [-0.15, -0.1) is 0 Å². The Bertz CT molecular complexity index is 459. The van der Waals surface area contributed by atoms with E-state index in [0.717, 1.165) is 43.0 Å². The number of nitrogens with two attached hydrogens (primary N) is 1. The monoisotopic (exact) mass is 294 g/mol. The smallest absolute Gasteiger partial charge is 0.120 e. The van der Waals surface area contributed by atoms with E-state index in [2.05, 4.69) is 5.32 Å². The molecule has 1 atom stereocenters. The lowest BCUT2D eigenvalue weighted by molar-refractivity contribution is 0.0134. The second-order valence-corrected chi connectivity index (χ2v) is 5.42. The molecule has 1 heterocycles. The van der Waals surface area contributed by atoms with Gasteiger partial charge in [-0.2, -0.15) is 0 Å². The Morgan fingerprint density at radius 1 is 1.50 bits per heavy atom. The minimum absolute atomic E-state index is 0.370. The maximum atomic E-state index is 5.75. The first-order chi connectivity index (χ1) is 9.70. The van der Waals surface area contributed by atoms with Gasteiger partial charge < -0.3 is 20.5 Å². The predicted molar refractivity (Wildman–Crippen MR) is 85.6 cm³/mol. The number of hydrogen-bond donors (Lipinski definition) is 2. The van der Waals surface area contributed by atoms with Crippen LogP contribution in [0.1, 0.15) is 31.2 Å². The number of benzene rings is 1. The summed E-state index contributed by atoms with van der Waals surface area (Å²) in [6, 6.07) is 5.68. The van der Waals surface area contributed by atoms with Gasteiger partial charge in [0.05, 0.1) is 13.2 Å². The van der Waals surface area contributed by atoms with Crippen LogP contribution in [0.2, 0.25) is 0 Å². The number of hydrogen-bond acceptors (Lipinski definition) is 4. The molecule has 1 aliphatic heterocycles. The van der Waals surface area contributed by atoms with E-state index in [4.69, 9.17) is 27.4 Å². The molecule has 1 aromatic rings. The first-order valence-corrected chi connectivity index (χ1v) is 7.45. The van der Waals surface area contributed by atoms with Gasteiger partial charge in [0, 0.05) is 30.5 Å². The van der Waals surface area contributed by atoms with E-state index >= 15 is 0 Å². The first kappa shape index (κ1) is 15.1. The molecule has 2 rings (SSSR count). The Morgan fingerprint density at radius 3 is 3.00 bits per heavy atom. The fraction of sp³-hybridized carbons (Fsp3) is 0.533. The van der Waals surface area contributed by atoms with E-state index in [0.29, 0.717) is 11.1 Å². The number of nitrogens with one attached hydrogen (secondary N) is 1. The summed E-state index contributed by atoms with van der Waals surface area (Å²) in [4.78, 5) is 0.393. The second-order valence-electron chi connectivity index (χ2n) is 4.98. The van der Waals surface area contributed by atoms with E-state index in [9.17, 15) is 0 Å². The fourth-order valence-corrected chi connectivity index (χ4v) is 2.59. The summed E-state index contributed by atoms with van der Waals surface area (Å²) < 4.78 is 11.0. The van der Waals surface area contributed by atoms with Gasteiger partial charge in [0.1, 0.15) is 10.7 Å². The lowest BCUT2D eigenvalue weighted by Crippen LogP contribution is -2.22. The Kier molecular flexibility index (Phi) is 5.61. The quantitative estimate of drug-likeness (QED) is 0.790. The molecule has 110 valence electrons. The molecule has 1 fully saturated rings. The molecule has 0 spiro atoms. The van der Waals surface area contributed by atoms with Gasteiger partial charge in [-0.05, 0) is 37.8 Å². The van der Waals surface area contributed by atoms with Gasteiger partial charge in [-0.3, -0.25) is 0 Å². The first-order valence-electron chi connectivity index (χ1n) is 7.04. The molecule has 3 N–H and O–H groups in total. The van der Waals surface area contributed by atoms with Crippen molar-refractivity contribution in [3.63, 3.8) is 0 Å². The van der Waals surface area contributed by atoms with E-state index in [1.165, 1.54) is 12.8 Å². The normalized spacial score (nSPS) is 18.6. The van der Waals surface area contributed by atoms with Crippen molar-refractivity contribution in [3.8, 4) is 5.75 Å². The Hall–Kier alpha value is -1.33. The van der Waals surface area contributed by atoms with Crippen molar-refractivity contribution in [1.82, 2.24) is 0 Å². The van der Waals surface area contributed by atoms with Crippen molar-refractivity contribution >= 4 is 22.9 Å². The molecule has 5 heteroatoms. The van der Waals surface area contributed by atoms with Crippen LogP contribution in [-0.2, 0) is 4.74 Å². The maximum Gasteiger partial charge on any atom is 0.120 e. The summed E-state index contributed by atoms with van der Waals surface area (Å²) in [5.74, 6) is 0.793. The summed E-state index contributed by atoms with van der Waals surface area (Å²) in [5, 5.41) is 3.39. The lowest BCUT2D eigenvalue weighted by atomic mass is 10.1. The number of ether oxygens (including phenoxy) is 2. The number of methoxy groups -OCH3 is 1. The van der Waals surface area contributed by atoms with Crippen LogP contribution in [0.3, 0.4) is 0 Å².